The summed E-state index contributed by atoms with van der Waals surface area (Å²) in [7, 11) is 0. The molecule has 4 aromatic rings. The molecular weight excluding hydrogens is 612 g/mol. The van der Waals surface area contributed by atoms with Gasteiger partial charge in [-0.05, 0) is 51.9 Å². The molecule has 0 radical (unpaired) electrons. The summed E-state index contributed by atoms with van der Waals surface area (Å²) in [5.74, 6) is -0.226. The van der Waals surface area contributed by atoms with Crippen molar-refractivity contribution in [2.45, 2.75) is 52.7 Å². The Balaban J connectivity index is 0.000000257. The van der Waals surface area contributed by atoms with Crippen LogP contribution in [-0.4, -0.2) is 71.1 Å². The van der Waals surface area contributed by atoms with Gasteiger partial charge in [0.1, 0.15) is 24.4 Å². The molecule has 0 fully saturated rings. The van der Waals surface area contributed by atoms with Gasteiger partial charge in [-0.1, -0.05) is 60.7 Å². The Bertz CT molecular complexity index is 1570. The number of carbonyl (C=O) groups is 3. The fraction of sp³-hybridized carbons (Fsp3) is 0.364. The number of benzene rings is 2. The van der Waals surface area contributed by atoms with E-state index in [0.717, 1.165) is 5.56 Å². The van der Waals surface area contributed by atoms with Crippen LogP contribution in [0.3, 0.4) is 0 Å². The van der Waals surface area contributed by atoms with Crippen molar-refractivity contribution in [3.8, 4) is 34.4 Å². The van der Waals surface area contributed by atoms with Crippen molar-refractivity contribution < 1.29 is 47.5 Å². The lowest BCUT2D eigenvalue weighted by Gasteiger charge is -2.19. The predicted molar refractivity (Wildman–Crippen MR) is 170 cm³/mol. The second kappa shape index (κ2) is 16.7. The predicted octanol–water partition coefficient (Wildman–Crippen LogP) is 6.19. The van der Waals surface area contributed by atoms with E-state index in [0.29, 0.717) is 23.7 Å². The first kappa shape index (κ1) is 35.9. The normalized spacial score (nSPS) is 11.0. The second-order valence-corrected chi connectivity index (χ2v) is 11.8. The highest BCUT2D eigenvalue weighted by molar-refractivity contribution is 5.96. The van der Waals surface area contributed by atoms with Crippen LogP contribution in [0.5, 0.6) is 11.8 Å². The number of aromatic carboxylic acids is 1. The minimum Gasteiger partial charge on any atom is -0.477 e. The van der Waals surface area contributed by atoms with Gasteiger partial charge in [0.05, 0.1) is 13.1 Å². The van der Waals surface area contributed by atoms with Gasteiger partial charge in [-0.2, -0.15) is 0 Å². The minimum absolute atomic E-state index is 0.0142. The highest BCUT2D eigenvalue weighted by Crippen LogP contribution is 2.30. The number of carboxylic acids is 1. The second-order valence-electron chi connectivity index (χ2n) is 11.8. The van der Waals surface area contributed by atoms with Crippen molar-refractivity contribution in [2.75, 3.05) is 26.3 Å². The average Bonchev–Trinajstić information content (AvgIpc) is 3.65. The van der Waals surface area contributed by atoms with Crippen molar-refractivity contribution in [2.24, 2.45) is 0 Å². The van der Waals surface area contributed by atoms with Crippen LogP contribution in [-0.2, 0) is 9.47 Å². The number of amides is 2. The molecular formula is C33H40N4O10. The lowest BCUT2D eigenvalue weighted by atomic mass is 10.1. The molecule has 0 saturated heterocycles. The van der Waals surface area contributed by atoms with E-state index in [1.165, 1.54) is 0 Å². The molecule has 0 atom stereocenters. The topological polar surface area (TPSA) is 184 Å². The number of nitrogens with zero attached hydrogens (tertiary/aromatic N) is 2. The summed E-state index contributed by atoms with van der Waals surface area (Å²) in [6.45, 7) is 11.4. The largest absolute Gasteiger partial charge is 0.477 e. The van der Waals surface area contributed by atoms with Crippen LogP contribution in [0.25, 0.3) is 22.6 Å². The van der Waals surface area contributed by atoms with Crippen LogP contribution >= 0.6 is 0 Å². The molecule has 0 spiro atoms. The van der Waals surface area contributed by atoms with E-state index in [1.54, 1.807) is 57.2 Å². The van der Waals surface area contributed by atoms with Crippen molar-refractivity contribution in [1.82, 2.24) is 20.9 Å². The zero-order chi connectivity index (χ0) is 34.5. The number of hydrogen-bond acceptors (Lipinski definition) is 11. The third kappa shape index (κ3) is 12.8. The molecule has 0 bridgehead atoms. The molecule has 0 aliphatic heterocycles. The quantitative estimate of drug-likeness (QED) is 0.156. The summed E-state index contributed by atoms with van der Waals surface area (Å²) in [5.41, 5.74) is 0.231. The number of hydrogen-bond donors (Lipinski definition) is 3. The maximum absolute atomic E-state index is 11.5. The minimum atomic E-state index is -1.21. The molecule has 3 N–H and O–H groups in total. The number of aromatic nitrogens is 2. The average molecular weight is 653 g/mol. The van der Waals surface area contributed by atoms with Gasteiger partial charge in [0.25, 0.3) is 11.8 Å². The van der Waals surface area contributed by atoms with Gasteiger partial charge in [-0.3, -0.25) is 0 Å². The van der Waals surface area contributed by atoms with Gasteiger partial charge in [-0.25, -0.2) is 14.4 Å². The SMILES string of the molecule is CC(C)(C)OC(=O)NCCOc1cc(-c2ccccc2)on1.CC(C)(C)OC(=O)NCCOc1noc(-c2ccccc2)c1C(=O)O. The fourth-order valence-corrected chi connectivity index (χ4v) is 3.65. The van der Waals surface area contributed by atoms with Gasteiger partial charge in [0, 0.05) is 17.2 Å². The van der Waals surface area contributed by atoms with E-state index in [1.807, 2.05) is 51.1 Å². The Kier molecular flexibility index (Phi) is 12.8. The zero-order valence-corrected chi connectivity index (χ0v) is 27.2. The van der Waals surface area contributed by atoms with E-state index in [2.05, 4.69) is 20.9 Å². The van der Waals surface area contributed by atoms with Gasteiger partial charge in [0.15, 0.2) is 17.1 Å². The first-order chi connectivity index (χ1) is 22.2. The van der Waals surface area contributed by atoms with Gasteiger partial charge in [0.2, 0.25) is 0 Å². The lowest BCUT2D eigenvalue weighted by Crippen LogP contribution is -2.34. The Morgan fingerprint density at radius 1 is 0.723 bits per heavy atom. The summed E-state index contributed by atoms with van der Waals surface area (Å²) in [6.07, 6.45) is -1.05. The maximum Gasteiger partial charge on any atom is 0.407 e. The molecule has 47 heavy (non-hydrogen) atoms. The molecule has 252 valence electrons. The van der Waals surface area contributed by atoms with Crippen molar-refractivity contribution in [3.05, 3.63) is 72.3 Å². The summed E-state index contributed by atoms with van der Waals surface area (Å²) in [4.78, 5) is 34.5. The van der Waals surface area contributed by atoms with Crippen LogP contribution in [0.2, 0.25) is 0 Å². The Morgan fingerprint density at radius 2 is 1.23 bits per heavy atom. The standard InChI is InChI=1S/C17H20N2O6.C16H20N2O4/c1-17(2,3)24-16(22)18-9-10-23-14-12(15(20)21)13(25-19-14)11-7-5-4-6-8-11;1-16(2,3)21-15(19)17-9-10-20-14-11-13(22-18-14)12-7-5-4-6-8-12/h4-8H,9-10H2,1-3H3,(H,18,22)(H,20,21);4-8,11H,9-10H2,1-3H3,(H,17,19). The summed E-state index contributed by atoms with van der Waals surface area (Å²) in [5, 5.41) is 22.0. The van der Waals surface area contributed by atoms with Gasteiger partial charge < -0.3 is 43.7 Å². The third-order valence-corrected chi connectivity index (χ3v) is 5.49. The molecule has 2 heterocycles. The third-order valence-electron chi connectivity index (χ3n) is 5.49. The number of ether oxygens (including phenoxy) is 4. The number of nitrogens with one attached hydrogen (secondary N) is 2. The molecule has 2 aromatic carbocycles. The van der Waals surface area contributed by atoms with Crippen LogP contribution in [0.15, 0.2) is 75.8 Å². The Labute approximate surface area is 272 Å². The smallest absolute Gasteiger partial charge is 0.407 e. The first-order valence-electron chi connectivity index (χ1n) is 14.7. The van der Waals surface area contributed by atoms with E-state index in [4.69, 9.17) is 28.0 Å². The maximum atomic E-state index is 11.5. The van der Waals surface area contributed by atoms with Crippen molar-refractivity contribution >= 4 is 18.2 Å². The van der Waals surface area contributed by atoms with Crippen molar-refractivity contribution in [3.63, 3.8) is 0 Å². The fourth-order valence-electron chi connectivity index (χ4n) is 3.65. The van der Waals surface area contributed by atoms with Crippen molar-refractivity contribution in [1.29, 1.82) is 0 Å². The number of carboxylic acid groups (broad SMARTS) is 1. The molecule has 4 rings (SSSR count). The van der Waals surface area contributed by atoms with E-state index in [-0.39, 0.29) is 37.0 Å². The monoisotopic (exact) mass is 652 g/mol. The molecule has 14 heteroatoms. The van der Waals surface area contributed by atoms with Crippen LogP contribution in [0, 0.1) is 0 Å². The summed E-state index contributed by atoms with van der Waals surface area (Å²) in [6, 6.07) is 20.1. The van der Waals surface area contributed by atoms with Crippen LogP contribution < -0.4 is 20.1 Å². The molecule has 2 amide bonds. The zero-order valence-electron chi connectivity index (χ0n) is 27.2. The molecule has 0 aliphatic carbocycles. The Hall–Kier alpha value is -5.53. The molecule has 2 aromatic heterocycles. The molecule has 0 saturated carbocycles. The van der Waals surface area contributed by atoms with E-state index < -0.39 is 29.4 Å². The van der Waals surface area contributed by atoms with Crippen LogP contribution in [0.4, 0.5) is 9.59 Å². The Morgan fingerprint density at radius 3 is 1.74 bits per heavy atom. The number of rotatable bonds is 11. The lowest BCUT2D eigenvalue weighted by molar-refractivity contribution is 0.0508. The van der Waals surface area contributed by atoms with Crippen LogP contribution in [0.1, 0.15) is 51.9 Å². The molecule has 0 aliphatic rings. The first-order valence-corrected chi connectivity index (χ1v) is 14.7. The number of carbonyl (C=O) groups excluding carboxylic acids is 2. The highest BCUT2D eigenvalue weighted by atomic mass is 16.6. The van der Waals surface area contributed by atoms with E-state index in [9.17, 15) is 19.5 Å². The molecule has 14 nitrogen and oxygen atoms in total. The van der Waals surface area contributed by atoms with Gasteiger partial charge >= 0.3 is 18.2 Å². The van der Waals surface area contributed by atoms with E-state index >= 15 is 0 Å². The highest BCUT2D eigenvalue weighted by Gasteiger charge is 2.25. The number of alkyl carbamates (subject to hydrolysis) is 2. The van der Waals surface area contributed by atoms with Gasteiger partial charge in [-0.15, -0.1) is 0 Å². The molecule has 0 unspecified atom stereocenters. The summed E-state index contributed by atoms with van der Waals surface area (Å²) < 4.78 is 31.3. The summed E-state index contributed by atoms with van der Waals surface area (Å²) >= 11 is 0.